The van der Waals surface area contributed by atoms with Crippen molar-refractivity contribution in [2.24, 2.45) is 17.8 Å². The van der Waals surface area contributed by atoms with E-state index in [-0.39, 0.29) is 17.2 Å². The lowest BCUT2D eigenvalue weighted by Crippen LogP contribution is -2.51. The molecule has 0 amide bonds. The number of fused-ring (bicyclic) bond motifs is 4. The van der Waals surface area contributed by atoms with Gasteiger partial charge in [-0.25, -0.2) is 4.52 Å². The number of carboxylic acids is 1. The maximum atomic E-state index is 11.8. The van der Waals surface area contributed by atoms with Crippen LogP contribution in [-0.2, 0) is 4.79 Å². The molecule has 2 atom stereocenters. The van der Waals surface area contributed by atoms with Crippen molar-refractivity contribution in [1.29, 1.82) is 0 Å². The van der Waals surface area contributed by atoms with E-state index in [0.717, 1.165) is 25.7 Å². The molecule has 2 heterocycles. The summed E-state index contributed by atoms with van der Waals surface area (Å²) in [5, 5.41) is 17.7. The SMILES string of the molecule is O=C(O)[C@H]1C2CCC(CC2)[C@@H]1Nc1nc(Cl)nn2ccc(Cl)c12. The largest absolute Gasteiger partial charge is 0.481 e. The Kier molecular flexibility index (Phi) is 3.61. The van der Waals surface area contributed by atoms with Crippen LogP contribution in [0.1, 0.15) is 25.7 Å². The van der Waals surface area contributed by atoms with Crippen LogP contribution < -0.4 is 5.32 Å². The third-order valence-corrected chi connectivity index (χ3v) is 5.71. The summed E-state index contributed by atoms with van der Waals surface area (Å²) in [5.41, 5.74) is 0.627. The molecule has 3 aliphatic rings. The molecule has 2 N–H and O–H groups in total. The Hall–Kier alpha value is -1.53. The number of carbonyl (C=O) groups is 1. The van der Waals surface area contributed by atoms with Gasteiger partial charge in [0, 0.05) is 12.2 Å². The van der Waals surface area contributed by atoms with Crippen molar-refractivity contribution in [1.82, 2.24) is 14.6 Å². The highest BCUT2D eigenvalue weighted by Crippen LogP contribution is 2.46. The molecule has 122 valence electrons. The predicted molar refractivity (Wildman–Crippen MR) is 87.0 cm³/mol. The van der Waals surface area contributed by atoms with Crippen LogP contribution in [0.5, 0.6) is 0 Å². The Morgan fingerprint density at radius 1 is 1.26 bits per heavy atom. The monoisotopic (exact) mass is 354 g/mol. The van der Waals surface area contributed by atoms with Crippen molar-refractivity contribution in [3.05, 3.63) is 22.6 Å². The van der Waals surface area contributed by atoms with E-state index in [2.05, 4.69) is 15.4 Å². The van der Waals surface area contributed by atoms with E-state index in [1.54, 1.807) is 16.8 Å². The molecule has 2 aromatic heterocycles. The number of anilines is 1. The lowest BCUT2D eigenvalue weighted by Gasteiger charge is -2.47. The molecule has 0 unspecified atom stereocenters. The summed E-state index contributed by atoms with van der Waals surface area (Å²) in [6, 6.07) is 1.56. The molecule has 3 saturated carbocycles. The van der Waals surface area contributed by atoms with Crippen LogP contribution in [0.2, 0.25) is 10.3 Å². The van der Waals surface area contributed by atoms with Gasteiger partial charge in [0.1, 0.15) is 5.52 Å². The summed E-state index contributed by atoms with van der Waals surface area (Å²) in [4.78, 5) is 16.0. The summed E-state index contributed by atoms with van der Waals surface area (Å²) in [5.74, 6) is -0.0717. The average Bonchev–Trinajstić information content (AvgIpc) is 2.89. The standard InChI is InChI=1S/C15H16Cl2N4O2/c16-9-5-6-21-12(9)13(19-15(17)20-21)18-11-8-3-1-7(2-4-8)10(11)14(22)23/h5-8,10-11H,1-4H2,(H,22,23)(H,18,19,20)/t7?,8?,10-,11-/m0/s1. The van der Waals surface area contributed by atoms with Gasteiger partial charge in [0.2, 0.25) is 5.28 Å². The lowest BCUT2D eigenvalue weighted by atomic mass is 9.61. The van der Waals surface area contributed by atoms with E-state index >= 15 is 0 Å². The first-order valence-corrected chi connectivity index (χ1v) is 8.50. The third kappa shape index (κ3) is 2.44. The Morgan fingerprint density at radius 3 is 2.65 bits per heavy atom. The quantitative estimate of drug-likeness (QED) is 0.883. The topological polar surface area (TPSA) is 79.5 Å². The van der Waals surface area contributed by atoms with Crippen molar-refractivity contribution in [2.45, 2.75) is 31.7 Å². The summed E-state index contributed by atoms with van der Waals surface area (Å²) < 4.78 is 1.57. The molecule has 2 bridgehead atoms. The van der Waals surface area contributed by atoms with E-state index < -0.39 is 11.9 Å². The van der Waals surface area contributed by atoms with Crippen LogP contribution in [0.25, 0.3) is 5.52 Å². The van der Waals surface area contributed by atoms with Crippen molar-refractivity contribution >= 4 is 40.5 Å². The van der Waals surface area contributed by atoms with Gasteiger partial charge in [-0.05, 0) is 55.2 Å². The molecule has 3 fully saturated rings. The maximum Gasteiger partial charge on any atom is 0.308 e. The molecular weight excluding hydrogens is 339 g/mol. The number of halogens is 2. The normalized spacial score (nSPS) is 29.8. The number of aliphatic carboxylic acids is 1. The van der Waals surface area contributed by atoms with E-state index in [1.165, 1.54) is 0 Å². The number of nitrogens with one attached hydrogen (secondary N) is 1. The molecule has 0 aromatic carbocycles. The van der Waals surface area contributed by atoms with Gasteiger partial charge < -0.3 is 10.4 Å². The molecule has 0 saturated heterocycles. The number of rotatable bonds is 3. The minimum Gasteiger partial charge on any atom is -0.481 e. The molecule has 3 aliphatic carbocycles. The van der Waals surface area contributed by atoms with E-state index in [0.29, 0.717) is 22.3 Å². The molecule has 0 radical (unpaired) electrons. The van der Waals surface area contributed by atoms with Gasteiger partial charge in [-0.1, -0.05) is 11.6 Å². The molecular formula is C15H16Cl2N4O2. The molecule has 2 aromatic rings. The van der Waals surface area contributed by atoms with E-state index in [9.17, 15) is 9.90 Å². The van der Waals surface area contributed by atoms with Gasteiger partial charge in [-0.15, -0.1) is 5.10 Å². The Balaban J connectivity index is 1.74. The second-order valence-electron chi connectivity index (χ2n) is 6.40. The summed E-state index contributed by atoms with van der Waals surface area (Å²) in [7, 11) is 0. The number of nitrogens with zero attached hydrogens (tertiary/aromatic N) is 3. The average molecular weight is 355 g/mol. The molecule has 6 nitrogen and oxygen atoms in total. The van der Waals surface area contributed by atoms with Crippen molar-refractivity contribution in [3.63, 3.8) is 0 Å². The fourth-order valence-corrected chi connectivity index (χ4v) is 4.63. The van der Waals surface area contributed by atoms with E-state index in [1.807, 2.05) is 0 Å². The second kappa shape index (κ2) is 5.53. The van der Waals surface area contributed by atoms with Crippen molar-refractivity contribution in [3.8, 4) is 0 Å². The highest BCUT2D eigenvalue weighted by molar-refractivity contribution is 6.34. The van der Waals surface area contributed by atoms with Gasteiger partial charge in [0.05, 0.1) is 10.9 Å². The van der Waals surface area contributed by atoms with Gasteiger partial charge in [0.15, 0.2) is 5.82 Å². The molecule has 23 heavy (non-hydrogen) atoms. The first-order chi connectivity index (χ1) is 11.0. The summed E-state index contributed by atoms with van der Waals surface area (Å²) in [6.07, 6.45) is 5.79. The maximum absolute atomic E-state index is 11.8. The molecule has 0 spiro atoms. The van der Waals surface area contributed by atoms with Crippen LogP contribution in [0, 0.1) is 17.8 Å². The second-order valence-corrected chi connectivity index (χ2v) is 7.14. The Bertz CT molecular complexity index is 770. The fraction of sp³-hybridized carbons (Fsp3) is 0.533. The van der Waals surface area contributed by atoms with Crippen molar-refractivity contribution < 1.29 is 9.90 Å². The third-order valence-electron chi connectivity index (χ3n) is 5.24. The van der Waals surface area contributed by atoms with Gasteiger partial charge in [0.25, 0.3) is 0 Å². The highest BCUT2D eigenvalue weighted by Gasteiger charge is 2.47. The molecule has 8 heteroatoms. The predicted octanol–water partition coefficient (Wildman–Crippen LogP) is 3.34. The number of hydrogen-bond acceptors (Lipinski definition) is 4. The van der Waals surface area contributed by atoms with Gasteiger partial charge in [-0.2, -0.15) is 4.98 Å². The first kappa shape index (κ1) is 15.0. The Labute approximate surface area is 142 Å². The number of carboxylic acid groups (broad SMARTS) is 1. The smallest absolute Gasteiger partial charge is 0.308 e. The zero-order chi connectivity index (χ0) is 16.1. The van der Waals surface area contributed by atoms with Gasteiger partial charge >= 0.3 is 5.97 Å². The number of aromatic nitrogens is 3. The summed E-state index contributed by atoms with van der Waals surface area (Å²) in [6.45, 7) is 0. The highest BCUT2D eigenvalue weighted by atomic mass is 35.5. The first-order valence-electron chi connectivity index (χ1n) is 7.74. The van der Waals surface area contributed by atoms with Crippen molar-refractivity contribution in [2.75, 3.05) is 5.32 Å². The van der Waals surface area contributed by atoms with Crippen LogP contribution in [0.4, 0.5) is 5.82 Å². The zero-order valence-corrected chi connectivity index (χ0v) is 13.8. The lowest BCUT2D eigenvalue weighted by molar-refractivity contribution is -0.148. The Morgan fingerprint density at radius 2 is 1.96 bits per heavy atom. The zero-order valence-electron chi connectivity index (χ0n) is 12.2. The minimum absolute atomic E-state index is 0.0973. The molecule has 5 rings (SSSR count). The minimum atomic E-state index is -0.741. The fourth-order valence-electron chi connectivity index (χ4n) is 4.23. The van der Waals surface area contributed by atoms with Crippen LogP contribution in [0.15, 0.2) is 12.3 Å². The van der Waals surface area contributed by atoms with Crippen LogP contribution in [0.3, 0.4) is 0 Å². The number of hydrogen-bond donors (Lipinski definition) is 2. The van der Waals surface area contributed by atoms with Crippen LogP contribution >= 0.6 is 23.2 Å². The van der Waals surface area contributed by atoms with Gasteiger partial charge in [-0.3, -0.25) is 4.79 Å². The summed E-state index contributed by atoms with van der Waals surface area (Å²) >= 11 is 12.2. The van der Waals surface area contributed by atoms with E-state index in [4.69, 9.17) is 23.2 Å². The van der Waals surface area contributed by atoms with Crippen LogP contribution in [-0.4, -0.2) is 31.7 Å². The molecule has 0 aliphatic heterocycles.